The minimum atomic E-state index is -1.00. The molecule has 1 unspecified atom stereocenters. The Morgan fingerprint density at radius 2 is 2.24 bits per heavy atom. The Balaban J connectivity index is 2.04. The molecule has 1 atom stereocenters. The Bertz CT molecular complexity index is 466. The summed E-state index contributed by atoms with van der Waals surface area (Å²) < 4.78 is 16.8. The second-order valence-electron chi connectivity index (χ2n) is 5.11. The third kappa shape index (κ3) is 4.63. The monoisotopic (exact) mass is 294 g/mol. The minimum Gasteiger partial charge on any atom is -0.493 e. The Morgan fingerprint density at radius 3 is 2.90 bits per heavy atom. The molecule has 21 heavy (non-hydrogen) atoms. The first-order valence-electron chi connectivity index (χ1n) is 7.45. The van der Waals surface area contributed by atoms with Crippen molar-refractivity contribution in [2.75, 3.05) is 19.8 Å². The van der Waals surface area contributed by atoms with Gasteiger partial charge in [-0.15, -0.1) is 0 Å². The van der Waals surface area contributed by atoms with E-state index in [9.17, 15) is 9.90 Å². The van der Waals surface area contributed by atoms with Crippen LogP contribution in [-0.2, 0) is 4.74 Å². The highest BCUT2D eigenvalue weighted by molar-refractivity contribution is 5.91. The number of carboxylic acids is 1. The average Bonchev–Trinajstić information content (AvgIpc) is 2.51. The fraction of sp³-hybridized carbons (Fsp3) is 0.562. The van der Waals surface area contributed by atoms with Gasteiger partial charge in [-0.3, -0.25) is 0 Å². The molecule has 1 aromatic rings. The number of hydrogen-bond donors (Lipinski definition) is 1. The molecule has 0 aromatic heterocycles. The van der Waals surface area contributed by atoms with Gasteiger partial charge in [-0.1, -0.05) is 6.92 Å². The molecule has 0 spiro atoms. The number of carbonyl (C=O) groups is 1. The van der Waals surface area contributed by atoms with Crippen LogP contribution in [0.1, 0.15) is 43.0 Å². The fourth-order valence-corrected chi connectivity index (χ4v) is 2.23. The molecule has 0 aliphatic carbocycles. The zero-order valence-corrected chi connectivity index (χ0v) is 12.3. The topological polar surface area (TPSA) is 65.0 Å². The summed E-state index contributed by atoms with van der Waals surface area (Å²) in [4.78, 5) is 11.2. The summed E-state index contributed by atoms with van der Waals surface area (Å²) in [6.07, 6.45) is 4.10. The largest absolute Gasteiger partial charge is 0.493 e. The van der Waals surface area contributed by atoms with Crippen molar-refractivity contribution in [2.24, 2.45) is 0 Å². The summed E-state index contributed by atoms with van der Waals surface area (Å²) in [5.74, 6) is -0.0386. The molecule has 5 nitrogen and oxygen atoms in total. The van der Waals surface area contributed by atoms with Crippen LogP contribution in [0.4, 0.5) is 0 Å². The first-order chi connectivity index (χ1) is 10.2. The van der Waals surface area contributed by atoms with Crippen LogP contribution < -0.4 is 9.47 Å². The summed E-state index contributed by atoms with van der Waals surface area (Å²) in [7, 11) is 0. The first-order valence-corrected chi connectivity index (χ1v) is 7.45. The number of hydrogen-bond acceptors (Lipinski definition) is 4. The molecule has 1 aliphatic rings. The van der Waals surface area contributed by atoms with Crippen molar-refractivity contribution < 1.29 is 24.1 Å². The van der Waals surface area contributed by atoms with Crippen LogP contribution >= 0.6 is 0 Å². The van der Waals surface area contributed by atoms with Gasteiger partial charge in [-0.05, 0) is 37.8 Å². The molecule has 1 aromatic carbocycles. The van der Waals surface area contributed by atoms with Crippen molar-refractivity contribution in [1.29, 1.82) is 0 Å². The second-order valence-corrected chi connectivity index (χ2v) is 5.11. The van der Waals surface area contributed by atoms with Crippen molar-refractivity contribution in [3.63, 3.8) is 0 Å². The maximum absolute atomic E-state index is 11.2. The summed E-state index contributed by atoms with van der Waals surface area (Å²) in [5.41, 5.74) is 0.148. The normalized spacial score (nSPS) is 18.2. The maximum atomic E-state index is 11.2. The zero-order chi connectivity index (χ0) is 15.1. The minimum absolute atomic E-state index is 0.0422. The fourth-order valence-electron chi connectivity index (χ4n) is 2.23. The van der Waals surface area contributed by atoms with Gasteiger partial charge in [0.25, 0.3) is 0 Å². The zero-order valence-electron chi connectivity index (χ0n) is 12.3. The van der Waals surface area contributed by atoms with Crippen LogP contribution in [0, 0.1) is 0 Å². The summed E-state index contributed by atoms with van der Waals surface area (Å²) in [6.45, 7) is 3.73. The summed E-state index contributed by atoms with van der Waals surface area (Å²) >= 11 is 0. The highest BCUT2D eigenvalue weighted by Gasteiger charge is 2.17. The van der Waals surface area contributed by atoms with Crippen molar-refractivity contribution in [1.82, 2.24) is 0 Å². The lowest BCUT2D eigenvalue weighted by molar-refractivity contribution is -0.0113. The Kier molecular flexibility index (Phi) is 5.87. The van der Waals surface area contributed by atoms with Crippen LogP contribution in [0.15, 0.2) is 18.2 Å². The number of carboxylic acid groups (broad SMARTS) is 1. The lowest BCUT2D eigenvalue weighted by Gasteiger charge is -2.23. The third-order valence-electron chi connectivity index (χ3n) is 3.36. The van der Waals surface area contributed by atoms with E-state index in [1.54, 1.807) is 12.1 Å². The molecular weight excluding hydrogens is 272 g/mol. The van der Waals surface area contributed by atoms with Crippen LogP contribution in [-0.4, -0.2) is 37.0 Å². The molecule has 0 bridgehead atoms. The lowest BCUT2D eigenvalue weighted by Crippen LogP contribution is -2.26. The van der Waals surface area contributed by atoms with E-state index in [2.05, 4.69) is 0 Å². The second kappa shape index (κ2) is 7.88. The predicted molar refractivity (Wildman–Crippen MR) is 78.3 cm³/mol. The van der Waals surface area contributed by atoms with Crippen LogP contribution in [0.25, 0.3) is 0 Å². The molecule has 1 heterocycles. The van der Waals surface area contributed by atoms with E-state index < -0.39 is 5.97 Å². The van der Waals surface area contributed by atoms with E-state index in [-0.39, 0.29) is 11.7 Å². The number of benzene rings is 1. The van der Waals surface area contributed by atoms with Gasteiger partial charge in [0.15, 0.2) is 0 Å². The quantitative estimate of drug-likeness (QED) is 0.837. The van der Waals surface area contributed by atoms with Gasteiger partial charge in [0.2, 0.25) is 0 Å². The molecule has 0 amide bonds. The third-order valence-corrected chi connectivity index (χ3v) is 3.36. The highest BCUT2D eigenvalue weighted by atomic mass is 16.5. The maximum Gasteiger partial charge on any atom is 0.339 e. The summed E-state index contributed by atoms with van der Waals surface area (Å²) in [6, 6.07) is 4.81. The van der Waals surface area contributed by atoms with Crippen molar-refractivity contribution in [3.8, 4) is 11.5 Å². The van der Waals surface area contributed by atoms with Gasteiger partial charge >= 0.3 is 5.97 Å². The standard InChI is InChI=1S/C16H22O5/c1-2-8-19-12-6-7-14(16(17)18)15(10-12)21-11-13-5-3-4-9-20-13/h6-7,10,13H,2-5,8-9,11H2,1H3,(H,17,18). The van der Waals surface area contributed by atoms with Gasteiger partial charge in [0, 0.05) is 12.7 Å². The van der Waals surface area contributed by atoms with Gasteiger partial charge < -0.3 is 19.3 Å². The molecule has 0 radical (unpaired) electrons. The Hall–Kier alpha value is -1.75. The van der Waals surface area contributed by atoms with E-state index in [1.807, 2.05) is 6.92 Å². The molecule has 0 saturated carbocycles. The van der Waals surface area contributed by atoms with E-state index >= 15 is 0 Å². The van der Waals surface area contributed by atoms with E-state index in [0.29, 0.717) is 24.7 Å². The van der Waals surface area contributed by atoms with Gasteiger partial charge in [-0.2, -0.15) is 0 Å². The molecule has 2 rings (SSSR count). The molecule has 1 N–H and O–H groups in total. The van der Waals surface area contributed by atoms with Crippen molar-refractivity contribution in [3.05, 3.63) is 23.8 Å². The predicted octanol–water partition coefficient (Wildman–Crippen LogP) is 3.12. The van der Waals surface area contributed by atoms with Gasteiger partial charge in [0.05, 0.1) is 12.7 Å². The highest BCUT2D eigenvalue weighted by Crippen LogP contribution is 2.26. The molecule has 1 saturated heterocycles. The van der Waals surface area contributed by atoms with Gasteiger partial charge in [-0.25, -0.2) is 4.79 Å². The van der Waals surface area contributed by atoms with Crippen LogP contribution in [0.5, 0.6) is 11.5 Å². The van der Waals surface area contributed by atoms with Crippen molar-refractivity contribution >= 4 is 5.97 Å². The molecule has 5 heteroatoms. The first kappa shape index (κ1) is 15.6. The van der Waals surface area contributed by atoms with Crippen molar-refractivity contribution in [2.45, 2.75) is 38.7 Å². The molecule has 1 fully saturated rings. The summed E-state index contributed by atoms with van der Waals surface area (Å²) in [5, 5.41) is 9.22. The van der Waals surface area contributed by atoms with Crippen LogP contribution in [0.2, 0.25) is 0 Å². The molecule has 116 valence electrons. The number of ether oxygens (including phenoxy) is 3. The number of aromatic carboxylic acids is 1. The van der Waals surface area contributed by atoms with Crippen LogP contribution in [0.3, 0.4) is 0 Å². The smallest absolute Gasteiger partial charge is 0.339 e. The molecular formula is C16H22O5. The average molecular weight is 294 g/mol. The Morgan fingerprint density at radius 1 is 1.38 bits per heavy atom. The van der Waals surface area contributed by atoms with E-state index in [0.717, 1.165) is 32.3 Å². The lowest BCUT2D eigenvalue weighted by atomic mass is 10.1. The molecule has 1 aliphatic heterocycles. The van der Waals surface area contributed by atoms with E-state index in [1.165, 1.54) is 6.07 Å². The Labute approximate surface area is 124 Å². The van der Waals surface area contributed by atoms with E-state index in [4.69, 9.17) is 14.2 Å². The van der Waals surface area contributed by atoms with Gasteiger partial charge in [0.1, 0.15) is 23.7 Å². The number of rotatable bonds is 7. The SMILES string of the molecule is CCCOc1ccc(C(=O)O)c(OCC2CCCCO2)c1.